The van der Waals surface area contributed by atoms with Crippen LogP contribution in [0.4, 0.5) is 17.3 Å². The molecule has 2 aromatic heterocycles. The van der Waals surface area contributed by atoms with Gasteiger partial charge in [0.25, 0.3) is 5.56 Å². The highest BCUT2D eigenvalue weighted by Crippen LogP contribution is 2.31. The molecule has 4 rings (SSSR count). The maximum absolute atomic E-state index is 12.9. The van der Waals surface area contributed by atoms with E-state index in [1.165, 1.54) is 10.6 Å². The molecule has 9 nitrogen and oxygen atoms in total. The zero-order valence-electron chi connectivity index (χ0n) is 20.5. The molecule has 0 unspecified atom stereocenters. The van der Waals surface area contributed by atoms with Crippen LogP contribution in [0, 0.1) is 12.3 Å². The van der Waals surface area contributed by atoms with Gasteiger partial charge in [0.05, 0.1) is 30.4 Å². The summed E-state index contributed by atoms with van der Waals surface area (Å²) >= 11 is 0. The molecule has 182 valence electrons. The van der Waals surface area contributed by atoms with Crippen molar-refractivity contribution in [2.75, 3.05) is 45.0 Å². The van der Waals surface area contributed by atoms with Gasteiger partial charge in [-0.05, 0) is 38.4 Å². The largest absolute Gasteiger partial charge is 0.494 e. The molecule has 0 aliphatic carbocycles. The molecule has 0 saturated carbocycles. The molecule has 0 saturated heterocycles. The summed E-state index contributed by atoms with van der Waals surface area (Å²) in [6.45, 7) is 0.284. The van der Waals surface area contributed by atoms with E-state index in [9.17, 15) is 9.59 Å². The Morgan fingerprint density at radius 2 is 1.89 bits per heavy atom. The highest BCUT2D eigenvalue weighted by atomic mass is 16.5. The van der Waals surface area contributed by atoms with Crippen LogP contribution < -0.4 is 20.5 Å². The van der Waals surface area contributed by atoms with Gasteiger partial charge in [-0.2, -0.15) is 4.98 Å². The fraction of sp³-hybridized carbons (Fsp3) is 0.185. The van der Waals surface area contributed by atoms with Crippen molar-refractivity contribution in [3.63, 3.8) is 0 Å². The number of likely N-dealkylation sites (N-methyl/N-ethyl adjacent to an activating group) is 2. The Labute approximate surface area is 209 Å². The van der Waals surface area contributed by atoms with Crippen LogP contribution >= 0.6 is 0 Å². The van der Waals surface area contributed by atoms with Crippen LogP contribution in [0.25, 0.3) is 16.7 Å². The molecule has 0 fully saturated rings. The van der Waals surface area contributed by atoms with E-state index in [1.54, 1.807) is 43.5 Å². The van der Waals surface area contributed by atoms with Crippen LogP contribution in [0.15, 0.2) is 65.6 Å². The van der Waals surface area contributed by atoms with E-state index in [0.29, 0.717) is 39.4 Å². The monoisotopic (exact) mass is 482 g/mol. The molecule has 0 aliphatic heterocycles. The maximum Gasteiger partial charge on any atom is 0.258 e. The maximum atomic E-state index is 12.9. The molecule has 0 spiro atoms. The van der Waals surface area contributed by atoms with Crippen LogP contribution in [-0.2, 0) is 4.79 Å². The predicted molar refractivity (Wildman–Crippen MR) is 141 cm³/mol. The van der Waals surface area contributed by atoms with Crippen molar-refractivity contribution in [3.05, 3.63) is 76.7 Å². The first-order valence-corrected chi connectivity index (χ1v) is 11.1. The first-order chi connectivity index (χ1) is 17.3. The molecular weight excluding hydrogens is 456 g/mol. The number of hydrogen-bond acceptors (Lipinski definition) is 7. The second-order valence-corrected chi connectivity index (χ2v) is 8.34. The van der Waals surface area contributed by atoms with E-state index in [4.69, 9.17) is 11.2 Å². The van der Waals surface area contributed by atoms with Gasteiger partial charge < -0.3 is 19.9 Å². The average Bonchev–Trinajstić information content (AvgIpc) is 2.88. The topological polar surface area (TPSA) is 92.6 Å². The van der Waals surface area contributed by atoms with E-state index in [2.05, 4.69) is 21.2 Å². The number of benzene rings is 2. The molecule has 4 aromatic rings. The summed E-state index contributed by atoms with van der Waals surface area (Å²) in [5.74, 6) is 3.25. The molecule has 36 heavy (non-hydrogen) atoms. The van der Waals surface area contributed by atoms with Gasteiger partial charge in [0.1, 0.15) is 5.75 Å². The van der Waals surface area contributed by atoms with Gasteiger partial charge in [-0.15, -0.1) is 6.42 Å². The number of amides is 1. The Balaban J connectivity index is 1.75. The number of anilines is 3. The Hall–Kier alpha value is -4.68. The standard InChI is InChI=1S/C27H26N6O3/c1-6-18-14-24(34)33(19-10-8-7-9-11-19)26-21(18)16-28-27(30-26)29-22-13-12-20(15-23(22)36-5)32(4)25(35)17-31(2)3/h1,7-16H,17H2,2-5H3,(H,28,29,30). The van der Waals surface area contributed by atoms with E-state index in [0.717, 1.165) is 0 Å². The first-order valence-electron chi connectivity index (χ1n) is 11.1. The second kappa shape index (κ2) is 10.3. The summed E-state index contributed by atoms with van der Waals surface area (Å²) in [4.78, 5) is 37.8. The summed E-state index contributed by atoms with van der Waals surface area (Å²) in [5.41, 5.74) is 2.44. The number of pyridine rings is 1. The van der Waals surface area contributed by atoms with Gasteiger partial charge in [-0.3, -0.25) is 14.2 Å². The van der Waals surface area contributed by atoms with Crippen LogP contribution in [0.3, 0.4) is 0 Å². The van der Waals surface area contributed by atoms with Gasteiger partial charge in [-0.25, -0.2) is 4.98 Å². The number of rotatable bonds is 7. The van der Waals surface area contributed by atoms with Gasteiger partial charge in [-0.1, -0.05) is 24.1 Å². The number of hydrogen-bond donors (Lipinski definition) is 1. The van der Waals surface area contributed by atoms with E-state index in [-0.39, 0.29) is 24.0 Å². The van der Waals surface area contributed by atoms with E-state index < -0.39 is 0 Å². The van der Waals surface area contributed by atoms with Crippen LogP contribution in [0.5, 0.6) is 5.75 Å². The lowest BCUT2D eigenvalue weighted by Crippen LogP contribution is -2.35. The molecule has 0 radical (unpaired) electrons. The quantitative estimate of drug-likeness (QED) is 0.405. The third-order valence-electron chi connectivity index (χ3n) is 5.57. The highest BCUT2D eigenvalue weighted by molar-refractivity contribution is 5.95. The zero-order chi connectivity index (χ0) is 25.8. The van der Waals surface area contributed by atoms with Gasteiger partial charge in [0.15, 0.2) is 5.65 Å². The van der Waals surface area contributed by atoms with Gasteiger partial charge in [0, 0.05) is 36.6 Å². The minimum absolute atomic E-state index is 0.0520. The number of methoxy groups -OCH3 is 1. The predicted octanol–water partition coefficient (Wildman–Crippen LogP) is 3.04. The Bertz CT molecular complexity index is 1520. The molecule has 9 heteroatoms. The van der Waals surface area contributed by atoms with Crippen molar-refractivity contribution in [2.24, 2.45) is 0 Å². The molecule has 2 heterocycles. The lowest BCUT2D eigenvalue weighted by atomic mass is 10.2. The number of fused-ring (bicyclic) bond motifs is 1. The average molecular weight is 483 g/mol. The molecule has 2 aromatic carbocycles. The summed E-state index contributed by atoms with van der Waals surface area (Å²) in [5, 5.41) is 3.73. The van der Waals surface area contributed by atoms with Crippen molar-refractivity contribution in [3.8, 4) is 23.8 Å². The second-order valence-electron chi connectivity index (χ2n) is 8.34. The number of nitrogens with zero attached hydrogens (tertiary/aromatic N) is 5. The summed E-state index contributed by atoms with van der Waals surface area (Å²) < 4.78 is 7.05. The van der Waals surface area contributed by atoms with Gasteiger partial charge >= 0.3 is 0 Å². The Kier molecular flexibility index (Phi) is 6.99. The van der Waals surface area contributed by atoms with Crippen molar-refractivity contribution < 1.29 is 9.53 Å². The normalized spacial score (nSPS) is 10.8. The van der Waals surface area contributed by atoms with E-state index >= 15 is 0 Å². The fourth-order valence-corrected chi connectivity index (χ4v) is 3.74. The number of carbonyl (C=O) groups excluding carboxylic acids is 1. The van der Waals surface area contributed by atoms with Crippen molar-refractivity contribution in [1.82, 2.24) is 19.4 Å². The summed E-state index contributed by atoms with van der Waals surface area (Å²) in [6, 6.07) is 15.9. The third-order valence-corrected chi connectivity index (χ3v) is 5.57. The fourth-order valence-electron chi connectivity index (χ4n) is 3.74. The number of aromatic nitrogens is 3. The first kappa shape index (κ1) is 24.4. The number of ether oxygens (including phenoxy) is 1. The number of nitrogens with one attached hydrogen (secondary N) is 1. The lowest BCUT2D eigenvalue weighted by molar-refractivity contribution is -0.118. The minimum atomic E-state index is -0.293. The highest BCUT2D eigenvalue weighted by Gasteiger charge is 2.16. The molecule has 1 N–H and O–H groups in total. The summed E-state index contributed by atoms with van der Waals surface area (Å²) in [7, 11) is 6.94. The lowest BCUT2D eigenvalue weighted by Gasteiger charge is -2.21. The molecule has 0 aliphatic rings. The number of terminal acetylenes is 1. The van der Waals surface area contributed by atoms with Crippen LogP contribution in [0.1, 0.15) is 5.56 Å². The van der Waals surface area contributed by atoms with Crippen LogP contribution in [-0.4, -0.2) is 60.1 Å². The third kappa shape index (κ3) is 4.89. The van der Waals surface area contributed by atoms with Crippen molar-refractivity contribution in [2.45, 2.75) is 0 Å². The van der Waals surface area contributed by atoms with Gasteiger partial charge in [0.2, 0.25) is 11.9 Å². The number of carbonyl (C=O) groups is 1. The van der Waals surface area contributed by atoms with E-state index in [1.807, 2.05) is 49.3 Å². The van der Waals surface area contributed by atoms with Crippen molar-refractivity contribution in [1.29, 1.82) is 0 Å². The smallest absolute Gasteiger partial charge is 0.258 e. The van der Waals surface area contributed by atoms with Crippen molar-refractivity contribution >= 4 is 34.3 Å². The summed E-state index contributed by atoms with van der Waals surface area (Å²) in [6.07, 6.45) is 7.23. The molecular formula is C27H26N6O3. The Morgan fingerprint density at radius 1 is 1.14 bits per heavy atom. The molecule has 0 bridgehead atoms. The Morgan fingerprint density at radius 3 is 2.56 bits per heavy atom. The minimum Gasteiger partial charge on any atom is -0.494 e. The molecule has 0 atom stereocenters. The van der Waals surface area contributed by atoms with Crippen LogP contribution in [0.2, 0.25) is 0 Å². The number of para-hydroxylation sites is 1. The zero-order valence-corrected chi connectivity index (χ0v) is 20.5. The molecule has 1 amide bonds. The SMILES string of the molecule is C#Cc1cc(=O)n(-c2ccccc2)c2nc(Nc3ccc(N(C)C(=O)CN(C)C)cc3OC)ncc12.